The fourth-order valence-electron chi connectivity index (χ4n) is 1.59. The SMILES string of the molecule is COC1(C(F)(F)F)CC(c2ccc(Br)cc2)=NO1. The van der Waals surface area contributed by atoms with E-state index in [0.29, 0.717) is 5.56 Å². The van der Waals surface area contributed by atoms with Crippen LogP contribution in [-0.4, -0.2) is 24.8 Å². The van der Waals surface area contributed by atoms with E-state index in [1.54, 1.807) is 24.3 Å². The molecule has 0 bridgehead atoms. The quantitative estimate of drug-likeness (QED) is 0.834. The summed E-state index contributed by atoms with van der Waals surface area (Å²) in [6, 6.07) is 6.76. The maximum absolute atomic E-state index is 12.8. The van der Waals surface area contributed by atoms with Crippen molar-refractivity contribution in [1.82, 2.24) is 0 Å². The number of ether oxygens (including phenoxy) is 1. The predicted molar refractivity (Wildman–Crippen MR) is 62.2 cm³/mol. The molecule has 0 N–H and O–H groups in total. The van der Waals surface area contributed by atoms with Gasteiger partial charge in [-0.1, -0.05) is 33.2 Å². The number of rotatable bonds is 2. The van der Waals surface area contributed by atoms with Crippen LogP contribution in [0, 0.1) is 0 Å². The molecule has 1 unspecified atom stereocenters. The van der Waals surface area contributed by atoms with Crippen molar-refractivity contribution in [2.45, 2.75) is 18.4 Å². The third-order valence-electron chi connectivity index (χ3n) is 2.64. The van der Waals surface area contributed by atoms with Gasteiger partial charge >= 0.3 is 12.0 Å². The second-order valence-corrected chi connectivity index (χ2v) is 4.68. The third kappa shape index (κ3) is 2.24. The van der Waals surface area contributed by atoms with Gasteiger partial charge in [-0.2, -0.15) is 13.2 Å². The highest BCUT2D eigenvalue weighted by atomic mass is 79.9. The number of hydrogen-bond donors (Lipinski definition) is 0. The van der Waals surface area contributed by atoms with E-state index in [1.165, 1.54) is 0 Å². The van der Waals surface area contributed by atoms with Gasteiger partial charge in [-0.3, -0.25) is 0 Å². The minimum absolute atomic E-state index is 0.210. The van der Waals surface area contributed by atoms with Gasteiger partial charge in [-0.15, -0.1) is 0 Å². The lowest BCUT2D eigenvalue weighted by molar-refractivity contribution is -0.364. The van der Waals surface area contributed by atoms with Crippen LogP contribution < -0.4 is 0 Å². The molecule has 0 saturated heterocycles. The smallest absolute Gasteiger partial charge is 0.349 e. The predicted octanol–water partition coefficient (Wildman–Crippen LogP) is 3.48. The van der Waals surface area contributed by atoms with Crippen LogP contribution in [0.25, 0.3) is 0 Å². The summed E-state index contributed by atoms with van der Waals surface area (Å²) < 4.78 is 43.8. The zero-order chi connectivity index (χ0) is 13.4. The minimum atomic E-state index is -4.64. The second-order valence-electron chi connectivity index (χ2n) is 3.77. The summed E-state index contributed by atoms with van der Waals surface area (Å²) in [7, 11) is 0.952. The van der Waals surface area contributed by atoms with E-state index in [2.05, 4.69) is 30.7 Å². The Morgan fingerprint density at radius 1 is 1.33 bits per heavy atom. The van der Waals surface area contributed by atoms with E-state index in [-0.39, 0.29) is 5.71 Å². The number of halogens is 4. The van der Waals surface area contributed by atoms with Gasteiger partial charge in [0.25, 0.3) is 0 Å². The number of methoxy groups -OCH3 is 1. The van der Waals surface area contributed by atoms with Crippen LogP contribution in [0.1, 0.15) is 12.0 Å². The Morgan fingerprint density at radius 2 is 1.94 bits per heavy atom. The van der Waals surface area contributed by atoms with Crippen LogP contribution in [0.3, 0.4) is 0 Å². The largest absolute Gasteiger partial charge is 0.458 e. The van der Waals surface area contributed by atoms with Gasteiger partial charge < -0.3 is 9.57 Å². The summed E-state index contributed by atoms with van der Waals surface area (Å²) in [5.41, 5.74) is 0.781. The summed E-state index contributed by atoms with van der Waals surface area (Å²) >= 11 is 3.25. The van der Waals surface area contributed by atoms with Crippen molar-refractivity contribution >= 4 is 21.6 Å². The lowest BCUT2D eigenvalue weighted by atomic mass is 10.0. The summed E-state index contributed by atoms with van der Waals surface area (Å²) in [4.78, 5) is 4.48. The maximum atomic E-state index is 12.8. The van der Waals surface area contributed by atoms with Crippen LogP contribution >= 0.6 is 15.9 Å². The molecular formula is C11H9BrF3NO2. The Balaban J connectivity index is 2.23. The number of alkyl halides is 3. The van der Waals surface area contributed by atoms with E-state index < -0.39 is 18.4 Å². The van der Waals surface area contributed by atoms with Crippen molar-refractivity contribution in [3.8, 4) is 0 Å². The van der Waals surface area contributed by atoms with Gasteiger partial charge in [-0.05, 0) is 17.7 Å². The third-order valence-corrected chi connectivity index (χ3v) is 3.17. The first-order chi connectivity index (χ1) is 8.38. The van der Waals surface area contributed by atoms with Crippen molar-refractivity contribution < 1.29 is 22.7 Å². The fraction of sp³-hybridized carbons (Fsp3) is 0.364. The molecule has 0 aliphatic carbocycles. The summed E-state index contributed by atoms with van der Waals surface area (Å²) in [5, 5.41) is 3.48. The zero-order valence-corrected chi connectivity index (χ0v) is 10.9. The van der Waals surface area contributed by atoms with Crippen LogP contribution in [0.5, 0.6) is 0 Å². The number of benzene rings is 1. The fourth-order valence-corrected chi connectivity index (χ4v) is 1.85. The van der Waals surface area contributed by atoms with Crippen LogP contribution in [0.4, 0.5) is 13.2 Å². The molecule has 3 nitrogen and oxygen atoms in total. The topological polar surface area (TPSA) is 30.8 Å². The Labute approximate surface area is 110 Å². The van der Waals surface area contributed by atoms with Crippen molar-refractivity contribution in [1.29, 1.82) is 0 Å². The highest BCUT2D eigenvalue weighted by Crippen LogP contribution is 2.41. The molecule has 18 heavy (non-hydrogen) atoms. The summed E-state index contributed by atoms with van der Waals surface area (Å²) in [6.07, 6.45) is -5.10. The minimum Gasteiger partial charge on any atom is -0.349 e. The Bertz CT molecular complexity index is 472. The molecule has 7 heteroatoms. The maximum Gasteiger partial charge on any atom is 0.458 e. The van der Waals surface area contributed by atoms with E-state index in [9.17, 15) is 13.2 Å². The molecular weight excluding hydrogens is 315 g/mol. The lowest BCUT2D eigenvalue weighted by Gasteiger charge is -2.26. The Morgan fingerprint density at radius 3 is 2.39 bits per heavy atom. The molecule has 0 radical (unpaired) electrons. The van der Waals surface area contributed by atoms with Gasteiger partial charge in [-0.25, -0.2) is 0 Å². The molecule has 1 aromatic carbocycles. The summed E-state index contributed by atoms with van der Waals surface area (Å²) in [5.74, 6) is -2.67. The molecule has 1 heterocycles. The molecule has 0 spiro atoms. The lowest BCUT2D eigenvalue weighted by Crippen LogP contribution is -2.47. The van der Waals surface area contributed by atoms with Crippen molar-refractivity contribution in [3.63, 3.8) is 0 Å². The van der Waals surface area contributed by atoms with Gasteiger partial charge in [0.1, 0.15) is 0 Å². The molecule has 0 aromatic heterocycles. The van der Waals surface area contributed by atoms with E-state index >= 15 is 0 Å². The Hall–Kier alpha value is -1.08. The van der Waals surface area contributed by atoms with Gasteiger partial charge in [0.2, 0.25) is 0 Å². The first-order valence-corrected chi connectivity index (χ1v) is 5.80. The van der Waals surface area contributed by atoms with Crippen LogP contribution in [-0.2, 0) is 9.57 Å². The highest BCUT2D eigenvalue weighted by Gasteiger charge is 2.62. The molecule has 0 fully saturated rings. The Kier molecular flexibility index (Phi) is 3.37. The van der Waals surface area contributed by atoms with Crippen molar-refractivity contribution in [2.24, 2.45) is 5.16 Å². The standard InChI is InChI=1S/C11H9BrF3NO2/c1-17-10(11(13,14)15)6-9(16-18-10)7-2-4-8(12)5-3-7/h2-5H,6H2,1H3. The number of nitrogens with zero attached hydrogens (tertiary/aromatic N) is 1. The highest BCUT2D eigenvalue weighted by molar-refractivity contribution is 9.10. The van der Waals surface area contributed by atoms with Crippen LogP contribution in [0.15, 0.2) is 33.9 Å². The van der Waals surface area contributed by atoms with E-state index in [4.69, 9.17) is 0 Å². The molecule has 0 saturated carbocycles. The molecule has 1 atom stereocenters. The van der Waals surface area contributed by atoms with Gasteiger partial charge in [0, 0.05) is 11.6 Å². The molecule has 1 aliphatic rings. The van der Waals surface area contributed by atoms with Crippen molar-refractivity contribution in [3.05, 3.63) is 34.3 Å². The van der Waals surface area contributed by atoms with E-state index in [1.807, 2.05) is 0 Å². The van der Waals surface area contributed by atoms with E-state index in [0.717, 1.165) is 11.6 Å². The summed E-state index contributed by atoms with van der Waals surface area (Å²) in [6.45, 7) is 0. The zero-order valence-electron chi connectivity index (χ0n) is 9.29. The monoisotopic (exact) mass is 323 g/mol. The normalized spacial score (nSPS) is 23.7. The van der Waals surface area contributed by atoms with Crippen LogP contribution in [0.2, 0.25) is 0 Å². The molecule has 2 rings (SSSR count). The number of hydrogen-bond acceptors (Lipinski definition) is 3. The molecule has 0 amide bonds. The number of oxime groups is 1. The first kappa shape index (κ1) is 13.4. The average molecular weight is 324 g/mol. The first-order valence-electron chi connectivity index (χ1n) is 5.01. The van der Waals surface area contributed by atoms with Gasteiger partial charge in [0.15, 0.2) is 0 Å². The molecule has 1 aromatic rings. The average Bonchev–Trinajstić information content (AvgIpc) is 2.75. The second kappa shape index (κ2) is 4.55. The van der Waals surface area contributed by atoms with Gasteiger partial charge in [0.05, 0.1) is 12.1 Å². The van der Waals surface area contributed by atoms with Crippen molar-refractivity contribution in [2.75, 3.05) is 7.11 Å². The molecule has 98 valence electrons. The molecule has 1 aliphatic heterocycles.